The van der Waals surface area contributed by atoms with Crippen molar-refractivity contribution in [2.45, 2.75) is 23.6 Å². The highest BCUT2D eigenvalue weighted by Crippen LogP contribution is 2.33. The predicted molar refractivity (Wildman–Crippen MR) is 143 cm³/mol. The monoisotopic (exact) mass is 609 g/mol. The van der Waals surface area contributed by atoms with E-state index < -0.39 is 17.6 Å². The van der Waals surface area contributed by atoms with E-state index in [4.69, 9.17) is 27.6 Å². The highest BCUT2D eigenvalue weighted by atomic mass is 35.5. The molecule has 2 aromatic carbocycles. The molecule has 200 valence electrons. The number of thioether (sulfide) groups is 1. The van der Waals surface area contributed by atoms with Crippen LogP contribution in [0, 0.1) is 0 Å². The predicted octanol–water partition coefficient (Wildman–Crippen LogP) is 7.53. The molecule has 3 heterocycles. The third kappa shape index (κ3) is 6.30. The van der Waals surface area contributed by atoms with Crippen molar-refractivity contribution < 1.29 is 22.4 Å². The van der Waals surface area contributed by atoms with E-state index in [2.05, 4.69) is 20.5 Å². The SMILES string of the molecule is O=C(NCc1cccc(C(F)(F)F)c1)c1csc(CSc2nnc(-c3ccco3)n2-c2ccc(Cl)c(Cl)c2)n1. The number of aromatic nitrogens is 4. The van der Waals surface area contributed by atoms with E-state index in [0.717, 1.165) is 12.1 Å². The second-order valence-corrected chi connectivity index (χ2v) is 10.7. The van der Waals surface area contributed by atoms with Crippen LogP contribution in [-0.4, -0.2) is 25.7 Å². The van der Waals surface area contributed by atoms with Crippen molar-refractivity contribution >= 4 is 52.2 Å². The number of benzene rings is 2. The minimum absolute atomic E-state index is 0.0628. The number of carbonyl (C=O) groups excluding carboxylic acids is 1. The summed E-state index contributed by atoms with van der Waals surface area (Å²) in [5.41, 5.74) is 0.409. The first-order valence-corrected chi connectivity index (χ1v) is 13.8. The van der Waals surface area contributed by atoms with Gasteiger partial charge >= 0.3 is 6.18 Å². The van der Waals surface area contributed by atoms with E-state index in [1.165, 1.54) is 41.5 Å². The number of hydrogen-bond acceptors (Lipinski definition) is 7. The van der Waals surface area contributed by atoms with Gasteiger partial charge in [0, 0.05) is 11.9 Å². The summed E-state index contributed by atoms with van der Waals surface area (Å²) in [4.78, 5) is 16.9. The number of furan rings is 1. The van der Waals surface area contributed by atoms with Gasteiger partial charge in [0.15, 0.2) is 10.9 Å². The van der Waals surface area contributed by atoms with E-state index in [9.17, 15) is 18.0 Å². The minimum atomic E-state index is -4.45. The Hall–Kier alpha value is -3.32. The number of rotatable bonds is 8. The van der Waals surface area contributed by atoms with Gasteiger partial charge in [-0.3, -0.25) is 9.36 Å². The van der Waals surface area contributed by atoms with Crippen LogP contribution in [0.2, 0.25) is 10.0 Å². The number of nitrogens with zero attached hydrogens (tertiary/aromatic N) is 4. The molecule has 5 aromatic rings. The molecule has 0 fully saturated rings. The third-order valence-electron chi connectivity index (χ3n) is 5.35. The Kier molecular flexibility index (Phi) is 7.98. The van der Waals surface area contributed by atoms with Crippen LogP contribution >= 0.6 is 46.3 Å². The van der Waals surface area contributed by atoms with Gasteiger partial charge in [-0.05, 0) is 48.0 Å². The smallest absolute Gasteiger partial charge is 0.416 e. The summed E-state index contributed by atoms with van der Waals surface area (Å²) in [5, 5.41) is 14.7. The van der Waals surface area contributed by atoms with Gasteiger partial charge in [0.1, 0.15) is 10.7 Å². The van der Waals surface area contributed by atoms with Crippen molar-refractivity contribution in [1.82, 2.24) is 25.1 Å². The fourth-order valence-electron chi connectivity index (χ4n) is 3.52. The van der Waals surface area contributed by atoms with Crippen molar-refractivity contribution in [1.29, 1.82) is 0 Å². The van der Waals surface area contributed by atoms with Gasteiger partial charge < -0.3 is 9.73 Å². The molecule has 5 rings (SSSR count). The normalized spacial score (nSPS) is 11.6. The molecule has 0 saturated heterocycles. The van der Waals surface area contributed by atoms with E-state index in [-0.39, 0.29) is 12.2 Å². The van der Waals surface area contributed by atoms with Crippen LogP contribution in [0.1, 0.15) is 26.6 Å². The molecule has 39 heavy (non-hydrogen) atoms. The highest BCUT2D eigenvalue weighted by Gasteiger charge is 2.30. The second kappa shape index (κ2) is 11.4. The Morgan fingerprint density at radius 2 is 1.92 bits per heavy atom. The van der Waals surface area contributed by atoms with Gasteiger partial charge in [-0.1, -0.05) is 47.1 Å². The fraction of sp³-hybridized carbons (Fsp3) is 0.120. The van der Waals surface area contributed by atoms with Crippen LogP contribution in [0.25, 0.3) is 17.3 Å². The number of alkyl halides is 3. The lowest BCUT2D eigenvalue weighted by atomic mass is 10.1. The minimum Gasteiger partial charge on any atom is -0.461 e. The molecule has 3 aromatic heterocycles. The topological polar surface area (TPSA) is 85.8 Å². The van der Waals surface area contributed by atoms with Crippen molar-refractivity contribution in [3.05, 3.63) is 98.1 Å². The Balaban J connectivity index is 1.28. The van der Waals surface area contributed by atoms with Crippen LogP contribution in [-0.2, 0) is 18.5 Å². The molecule has 0 atom stereocenters. The van der Waals surface area contributed by atoms with Crippen LogP contribution in [0.15, 0.2) is 75.8 Å². The fourth-order valence-corrected chi connectivity index (χ4v) is 5.56. The number of carbonyl (C=O) groups is 1. The summed E-state index contributed by atoms with van der Waals surface area (Å²) >= 11 is 15.0. The Bertz CT molecular complexity index is 1620. The summed E-state index contributed by atoms with van der Waals surface area (Å²) in [5.74, 6) is 0.867. The van der Waals surface area contributed by atoms with E-state index in [1.807, 2.05) is 0 Å². The summed E-state index contributed by atoms with van der Waals surface area (Å²) in [6, 6.07) is 13.5. The lowest BCUT2D eigenvalue weighted by Gasteiger charge is -2.10. The molecule has 14 heteroatoms. The number of amides is 1. The quantitative estimate of drug-likeness (QED) is 0.183. The molecule has 0 bridgehead atoms. The Morgan fingerprint density at radius 3 is 2.67 bits per heavy atom. The second-order valence-electron chi connectivity index (χ2n) is 8.01. The molecule has 0 radical (unpaired) electrons. The van der Waals surface area contributed by atoms with Gasteiger partial charge in [0.05, 0.1) is 33.3 Å². The number of hydrogen-bond donors (Lipinski definition) is 1. The summed E-state index contributed by atoms with van der Waals surface area (Å²) < 4.78 is 46.1. The van der Waals surface area contributed by atoms with Gasteiger partial charge in [0.2, 0.25) is 5.82 Å². The zero-order valence-electron chi connectivity index (χ0n) is 19.6. The number of thiazole rings is 1. The average molecular weight is 610 g/mol. The van der Waals surface area contributed by atoms with E-state index >= 15 is 0 Å². The molecule has 0 aliphatic carbocycles. The van der Waals surface area contributed by atoms with Crippen LogP contribution in [0.5, 0.6) is 0 Å². The molecule has 1 amide bonds. The summed E-state index contributed by atoms with van der Waals surface area (Å²) in [6.45, 7) is -0.0628. The van der Waals surface area contributed by atoms with Gasteiger partial charge in [0.25, 0.3) is 5.91 Å². The summed E-state index contributed by atoms with van der Waals surface area (Å²) in [7, 11) is 0. The molecular weight excluding hydrogens is 594 g/mol. The number of halogens is 5. The van der Waals surface area contributed by atoms with Crippen molar-refractivity contribution in [2.24, 2.45) is 0 Å². The number of nitrogens with one attached hydrogen (secondary N) is 1. The van der Waals surface area contributed by atoms with Crippen molar-refractivity contribution in [3.8, 4) is 17.3 Å². The molecule has 0 spiro atoms. The maximum Gasteiger partial charge on any atom is 0.416 e. The van der Waals surface area contributed by atoms with E-state index in [1.54, 1.807) is 40.3 Å². The zero-order valence-corrected chi connectivity index (χ0v) is 22.7. The van der Waals surface area contributed by atoms with Gasteiger partial charge in [-0.25, -0.2) is 4.98 Å². The lowest BCUT2D eigenvalue weighted by molar-refractivity contribution is -0.137. The zero-order chi connectivity index (χ0) is 27.6. The first kappa shape index (κ1) is 27.3. The standard InChI is InChI=1S/C25H16Cl2F3N5O2S2/c26-17-7-6-16(10-18(17)27)35-22(20-5-2-8-37-20)33-34-24(35)39-13-21-32-19(12-38-21)23(36)31-11-14-3-1-4-15(9-14)25(28,29)30/h1-10,12H,11,13H2,(H,31,36). The van der Waals surface area contributed by atoms with Crippen LogP contribution in [0.3, 0.4) is 0 Å². The highest BCUT2D eigenvalue weighted by molar-refractivity contribution is 7.98. The Labute approximate surface area is 238 Å². The maximum absolute atomic E-state index is 12.9. The first-order chi connectivity index (χ1) is 18.7. The molecule has 7 nitrogen and oxygen atoms in total. The Morgan fingerprint density at radius 1 is 1.08 bits per heavy atom. The molecule has 0 aliphatic heterocycles. The average Bonchev–Trinajstić information content (AvgIpc) is 3.68. The molecule has 1 N–H and O–H groups in total. The van der Waals surface area contributed by atoms with Crippen molar-refractivity contribution in [2.75, 3.05) is 0 Å². The van der Waals surface area contributed by atoms with Crippen LogP contribution in [0.4, 0.5) is 13.2 Å². The van der Waals surface area contributed by atoms with Gasteiger partial charge in [-0.15, -0.1) is 21.5 Å². The first-order valence-electron chi connectivity index (χ1n) is 11.2. The molecule has 0 unspecified atom stereocenters. The van der Waals surface area contributed by atoms with Crippen LogP contribution < -0.4 is 5.32 Å². The third-order valence-corrected chi connectivity index (χ3v) is 8.06. The maximum atomic E-state index is 12.9. The summed E-state index contributed by atoms with van der Waals surface area (Å²) in [6.07, 6.45) is -2.92. The molecule has 0 saturated carbocycles. The van der Waals surface area contributed by atoms with Gasteiger partial charge in [-0.2, -0.15) is 13.2 Å². The van der Waals surface area contributed by atoms with E-state index in [0.29, 0.717) is 48.8 Å². The van der Waals surface area contributed by atoms with Crippen molar-refractivity contribution in [3.63, 3.8) is 0 Å². The molecular formula is C25H16Cl2F3N5O2S2. The lowest BCUT2D eigenvalue weighted by Crippen LogP contribution is -2.23. The molecule has 0 aliphatic rings. The largest absolute Gasteiger partial charge is 0.461 e.